The van der Waals surface area contributed by atoms with Gasteiger partial charge in [0.25, 0.3) is 5.56 Å². The van der Waals surface area contributed by atoms with Gasteiger partial charge in [0.1, 0.15) is 0 Å². The number of pyridine rings is 1. The number of fused-ring (bicyclic) bond motifs is 4. The van der Waals surface area contributed by atoms with Crippen LogP contribution in [0.1, 0.15) is 50.3 Å². The van der Waals surface area contributed by atoms with Gasteiger partial charge in [0.2, 0.25) is 5.91 Å². The number of amides is 1. The number of hydrogen-bond acceptors (Lipinski definition) is 3. The number of carbonyl (C=O) groups is 1. The normalized spacial score (nSPS) is 26.9. The predicted octanol–water partition coefficient (Wildman–Crippen LogP) is 2.31. The van der Waals surface area contributed by atoms with E-state index >= 15 is 0 Å². The molecule has 0 aliphatic carbocycles. The molecule has 3 aliphatic heterocycles. The molecule has 0 spiro atoms. The summed E-state index contributed by atoms with van der Waals surface area (Å²) in [5.74, 6) is 1.20. The van der Waals surface area contributed by atoms with Crippen molar-refractivity contribution in [2.75, 3.05) is 26.2 Å². The van der Waals surface area contributed by atoms with E-state index in [4.69, 9.17) is 0 Å². The number of rotatable bonds is 2. The van der Waals surface area contributed by atoms with Crippen molar-refractivity contribution in [1.29, 1.82) is 0 Å². The topological polar surface area (TPSA) is 45.6 Å². The fraction of sp³-hybridized carbons (Fsp3) is 0.619. The van der Waals surface area contributed by atoms with Crippen molar-refractivity contribution in [2.24, 2.45) is 5.92 Å². The zero-order valence-corrected chi connectivity index (χ0v) is 15.9. The Morgan fingerprint density at radius 2 is 1.92 bits per heavy atom. The third-order valence-corrected chi connectivity index (χ3v) is 6.42. The van der Waals surface area contributed by atoms with Gasteiger partial charge in [-0.2, -0.15) is 0 Å². The Bertz CT molecular complexity index is 774. The SMILES string of the molecule is C/C=C/c1ccc(=O)n2c1[C@@H]1C[C@@H](CN(C3CCN(C(C)=O)CC3)C1)C2. The number of carbonyl (C=O) groups excluding carboxylic acids is 1. The van der Waals surface area contributed by atoms with Crippen LogP contribution in [-0.2, 0) is 11.3 Å². The molecule has 3 aliphatic rings. The van der Waals surface area contributed by atoms with Gasteiger partial charge in [0, 0.05) is 63.4 Å². The first-order chi connectivity index (χ1) is 12.6. The van der Waals surface area contributed by atoms with Gasteiger partial charge in [-0.1, -0.05) is 12.2 Å². The molecule has 2 fully saturated rings. The van der Waals surface area contributed by atoms with Crippen LogP contribution in [0, 0.1) is 5.92 Å². The average Bonchev–Trinajstić information content (AvgIpc) is 2.64. The zero-order valence-electron chi connectivity index (χ0n) is 15.9. The van der Waals surface area contributed by atoms with E-state index in [1.54, 1.807) is 13.0 Å². The highest BCUT2D eigenvalue weighted by Gasteiger charge is 2.38. The molecular weight excluding hydrogens is 326 g/mol. The van der Waals surface area contributed by atoms with Crippen LogP contribution in [-0.4, -0.2) is 52.5 Å². The lowest BCUT2D eigenvalue weighted by Crippen LogP contribution is -2.53. The van der Waals surface area contributed by atoms with Crippen molar-refractivity contribution in [3.63, 3.8) is 0 Å². The van der Waals surface area contributed by atoms with Gasteiger partial charge in [0.15, 0.2) is 0 Å². The molecule has 1 aromatic rings. The summed E-state index contributed by atoms with van der Waals surface area (Å²) < 4.78 is 2.03. The number of allylic oxidation sites excluding steroid dienone is 1. The quantitative estimate of drug-likeness (QED) is 0.818. The highest BCUT2D eigenvalue weighted by atomic mass is 16.2. The summed E-state index contributed by atoms with van der Waals surface area (Å²) in [6.45, 7) is 8.43. The van der Waals surface area contributed by atoms with Crippen molar-refractivity contribution < 1.29 is 4.79 Å². The standard InChI is InChI=1S/C21H29N3O2/c1-3-4-17-5-6-20(26)24-13-16-11-18(21(17)24)14-23(12-16)19-7-9-22(10-8-19)15(2)25/h3-6,16,18-19H,7-14H2,1-2H3/b4-3+/t16-,18+/m0/s1. The van der Waals surface area contributed by atoms with Crippen LogP contribution in [0.4, 0.5) is 0 Å². The lowest BCUT2D eigenvalue weighted by atomic mass is 9.80. The largest absolute Gasteiger partial charge is 0.343 e. The van der Waals surface area contributed by atoms with Gasteiger partial charge in [-0.05, 0) is 43.7 Å². The van der Waals surface area contributed by atoms with E-state index in [-0.39, 0.29) is 11.5 Å². The second kappa shape index (κ2) is 7.03. The van der Waals surface area contributed by atoms with E-state index in [2.05, 4.69) is 17.1 Å². The Kier molecular flexibility index (Phi) is 4.74. The minimum atomic E-state index is 0.145. The van der Waals surface area contributed by atoms with Gasteiger partial charge in [-0.15, -0.1) is 0 Å². The third kappa shape index (κ3) is 3.13. The predicted molar refractivity (Wildman–Crippen MR) is 103 cm³/mol. The molecule has 1 amide bonds. The van der Waals surface area contributed by atoms with E-state index in [1.807, 2.05) is 22.5 Å². The fourth-order valence-electron chi connectivity index (χ4n) is 5.25. The van der Waals surface area contributed by atoms with Crippen LogP contribution < -0.4 is 5.56 Å². The fourth-order valence-corrected chi connectivity index (χ4v) is 5.25. The summed E-state index contributed by atoms with van der Waals surface area (Å²) in [7, 11) is 0. The number of piperidine rings is 2. The Labute approximate surface area is 155 Å². The molecular formula is C21H29N3O2. The highest BCUT2D eigenvalue weighted by Crippen LogP contribution is 2.38. The van der Waals surface area contributed by atoms with E-state index in [1.165, 1.54) is 17.7 Å². The smallest absolute Gasteiger partial charge is 0.250 e. The summed E-state index contributed by atoms with van der Waals surface area (Å²) >= 11 is 0. The Balaban J connectivity index is 1.56. The van der Waals surface area contributed by atoms with E-state index in [9.17, 15) is 9.59 Å². The molecule has 140 valence electrons. The van der Waals surface area contributed by atoms with Crippen LogP contribution in [0.25, 0.3) is 6.08 Å². The monoisotopic (exact) mass is 355 g/mol. The highest BCUT2D eigenvalue weighted by molar-refractivity contribution is 5.73. The van der Waals surface area contributed by atoms with Gasteiger partial charge in [-0.3, -0.25) is 14.5 Å². The number of aromatic nitrogens is 1. The summed E-state index contributed by atoms with van der Waals surface area (Å²) in [6.07, 6.45) is 7.53. The zero-order chi connectivity index (χ0) is 18.3. The molecule has 2 bridgehead atoms. The molecule has 0 unspecified atom stereocenters. The number of likely N-dealkylation sites (tertiary alicyclic amines) is 2. The number of hydrogen-bond donors (Lipinski definition) is 0. The van der Waals surface area contributed by atoms with Crippen molar-refractivity contribution in [1.82, 2.24) is 14.4 Å². The Hall–Kier alpha value is -1.88. The van der Waals surface area contributed by atoms with Crippen LogP contribution in [0.5, 0.6) is 0 Å². The molecule has 2 atom stereocenters. The molecule has 0 aromatic carbocycles. The number of nitrogens with zero attached hydrogens (tertiary/aromatic N) is 3. The van der Waals surface area contributed by atoms with Crippen molar-refractivity contribution in [3.05, 3.63) is 39.8 Å². The maximum atomic E-state index is 12.4. The molecule has 1 aromatic heterocycles. The molecule has 4 heterocycles. The Morgan fingerprint density at radius 1 is 1.15 bits per heavy atom. The van der Waals surface area contributed by atoms with Gasteiger partial charge < -0.3 is 9.47 Å². The maximum Gasteiger partial charge on any atom is 0.250 e. The minimum absolute atomic E-state index is 0.145. The molecule has 4 rings (SSSR count). The van der Waals surface area contributed by atoms with Crippen LogP contribution in [0.3, 0.4) is 0 Å². The lowest BCUT2D eigenvalue weighted by Gasteiger charge is -2.47. The second-order valence-electron chi connectivity index (χ2n) is 8.11. The van der Waals surface area contributed by atoms with E-state index < -0.39 is 0 Å². The molecule has 2 saturated heterocycles. The Morgan fingerprint density at radius 3 is 2.62 bits per heavy atom. The summed E-state index contributed by atoms with van der Waals surface area (Å²) in [4.78, 5) is 28.6. The van der Waals surface area contributed by atoms with Crippen molar-refractivity contribution in [3.8, 4) is 0 Å². The lowest BCUT2D eigenvalue weighted by molar-refractivity contribution is -0.130. The second-order valence-corrected chi connectivity index (χ2v) is 8.11. The summed E-state index contributed by atoms with van der Waals surface area (Å²) in [5.41, 5.74) is 2.58. The van der Waals surface area contributed by atoms with Gasteiger partial charge >= 0.3 is 0 Å². The van der Waals surface area contributed by atoms with Crippen LogP contribution >= 0.6 is 0 Å². The van der Waals surface area contributed by atoms with Crippen LogP contribution in [0.15, 0.2) is 23.0 Å². The first-order valence-corrected chi connectivity index (χ1v) is 9.92. The molecule has 5 nitrogen and oxygen atoms in total. The minimum Gasteiger partial charge on any atom is -0.343 e. The van der Waals surface area contributed by atoms with Gasteiger partial charge in [0.05, 0.1) is 0 Å². The first-order valence-electron chi connectivity index (χ1n) is 9.92. The maximum absolute atomic E-state index is 12.4. The molecule has 0 N–H and O–H groups in total. The van der Waals surface area contributed by atoms with Crippen molar-refractivity contribution >= 4 is 12.0 Å². The van der Waals surface area contributed by atoms with E-state index in [0.29, 0.717) is 17.9 Å². The molecule has 0 radical (unpaired) electrons. The first kappa shape index (κ1) is 17.5. The van der Waals surface area contributed by atoms with Crippen molar-refractivity contribution in [2.45, 2.75) is 51.6 Å². The molecule has 0 saturated carbocycles. The summed E-state index contributed by atoms with van der Waals surface area (Å²) in [6, 6.07) is 4.27. The average molecular weight is 355 g/mol. The van der Waals surface area contributed by atoms with Gasteiger partial charge in [-0.25, -0.2) is 0 Å². The molecule has 5 heteroatoms. The van der Waals surface area contributed by atoms with Crippen LogP contribution in [0.2, 0.25) is 0 Å². The third-order valence-electron chi connectivity index (χ3n) is 6.42. The van der Waals surface area contributed by atoms with E-state index in [0.717, 1.165) is 45.6 Å². The summed E-state index contributed by atoms with van der Waals surface area (Å²) in [5, 5.41) is 0. The molecule has 26 heavy (non-hydrogen) atoms.